The third-order valence-electron chi connectivity index (χ3n) is 3.45. The first kappa shape index (κ1) is 16.0. The summed E-state index contributed by atoms with van der Waals surface area (Å²) in [4.78, 5) is 13.0. The third kappa shape index (κ3) is 5.52. The van der Waals surface area contributed by atoms with Crippen LogP contribution in [-0.4, -0.2) is 42.2 Å². The Kier molecular flexibility index (Phi) is 6.26. The van der Waals surface area contributed by atoms with Crippen molar-refractivity contribution in [1.82, 2.24) is 4.90 Å². The first-order valence-corrected chi connectivity index (χ1v) is 8.00. The first-order chi connectivity index (χ1) is 10.1. The Morgan fingerprint density at radius 3 is 2.81 bits per heavy atom. The van der Waals surface area contributed by atoms with Crippen molar-refractivity contribution in [2.75, 3.05) is 26.2 Å². The molecule has 0 amide bonds. The SMILES string of the molecule is O=C(O)C=Cc1ccc(OCCCN2CCCC2)c(Br)c1. The van der Waals surface area contributed by atoms with Crippen molar-refractivity contribution in [2.45, 2.75) is 19.3 Å². The average molecular weight is 354 g/mol. The fourth-order valence-corrected chi connectivity index (χ4v) is 2.89. The van der Waals surface area contributed by atoms with Crippen molar-refractivity contribution < 1.29 is 14.6 Å². The van der Waals surface area contributed by atoms with E-state index in [1.165, 1.54) is 25.9 Å². The molecule has 5 heteroatoms. The molecule has 0 unspecified atom stereocenters. The van der Waals surface area contributed by atoms with E-state index in [2.05, 4.69) is 20.8 Å². The van der Waals surface area contributed by atoms with Gasteiger partial charge in [0.25, 0.3) is 0 Å². The molecule has 0 radical (unpaired) electrons. The predicted octanol–water partition coefficient (Wildman–Crippen LogP) is 3.41. The monoisotopic (exact) mass is 353 g/mol. The van der Waals surface area contributed by atoms with E-state index in [4.69, 9.17) is 9.84 Å². The summed E-state index contributed by atoms with van der Waals surface area (Å²) in [6.07, 6.45) is 6.34. The smallest absolute Gasteiger partial charge is 0.328 e. The second-order valence-electron chi connectivity index (χ2n) is 5.11. The highest BCUT2D eigenvalue weighted by atomic mass is 79.9. The maximum Gasteiger partial charge on any atom is 0.328 e. The number of carboxylic acids is 1. The molecule has 1 fully saturated rings. The van der Waals surface area contributed by atoms with Gasteiger partial charge in [0.15, 0.2) is 0 Å². The Balaban J connectivity index is 1.78. The van der Waals surface area contributed by atoms with E-state index < -0.39 is 5.97 Å². The van der Waals surface area contributed by atoms with E-state index in [9.17, 15) is 4.79 Å². The zero-order chi connectivity index (χ0) is 15.1. The summed E-state index contributed by atoms with van der Waals surface area (Å²) in [6, 6.07) is 5.57. The summed E-state index contributed by atoms with van der Waals surface area (Å²) < 4.78 is 6.61. The van der Waals surface area contributed by atoms with Crippen molar-refractivity contribution in [3.05, 3.63) is 34.3 Å². The standard InChI is InChI=1S/C16H20BrNO3/c17-14-12-13(5-7-16(19)20)4-6-15(14)21-11-3-10-18-8-1-2-9-18/h4-7,12H,1-3,8-11H2,(H,19,20). The van der Waals surface area contributed by atoms with Crippen LogP contribution >= 0.6 is 15.9 Å². The number of ether oxygens (including phenoxy) is 1. The number of benzene rings is 1. The highest BCUT2D eigenvalue weighted by molar-refractivity contribution is 9.10. The molecule has 1 saturated heterocycles. The van der Waals surface area contributed by atoms with Crippen molar-refractivity contribution in [3.8, 4) is 5.75 Å². The molecule has 21 heavy (non-hydrogen) atoms. The van der Waals surface area contributed by atoms with Gasteiger partial charge in [0.2, 0.25) is 0 Å². The van der Waals surface area contributed by atoms with Gasteiger partial charge in [-0.2, -0.15) is 0 Å². The molecule has 0 bridgehead atoms. The molecule has 0 aromatic heterocycles. The minimum Gasteiger partial charge on any atom is -0.492 e. The van der Waals surface area contributed by atoms with Gasteiger partial charge >= 0.3 is 5.97 Å². The second kappa shape index (κ2) is 8.20. The van der Waals surface area contributed by atoms with E-state index in [0.29, 0.717) is 6.61 Å². The lowest BCUT2D eigenvalue weighted by atomic mass is 10.2. The van der Waals surface area contributed by atoms with Crippen LogP contribution < -0.4 is 4.74 Å². The predicted molar refractivity (Wildman–Crippen MR) is 86.6 cm³/mol. The second-order valence-corrected chi connectivity index (χ2v) is 5.97. The van der Waals surface area contributed by atoms with Crippen LogP contribution in [0.25, 0.3) is 6.08 Å². The summed E-state index contributed by atoms with van der Waals surface area (Å²) in [7, 11) is 0. The van der Waals surface area contributed by atoms with Gasteiger partial charge in [-0.05, 0) is 72.1 Å². The van der Waals surface area contributed by atoms with Gasteiger partial charge in [-0.15, -0.1) is 0 Å². The normalized spacial score (nSPS) is 15.7. The molecule has 4 nitrogen and oxygen atoms in total. The molecule has 1 aliphatic heterocycles. The number of hydrogen-bond donors (Lipinski definition) is 1. The molecule has 1 aliphatic rings. The summed E-state index contributed by atoms with van der Waals surface area (Å²) in [6.45, 7) is 4.22. The van der Waals surface area contributed by atoms with Gasteiger partial charge in [-0.1, -0.05) is 6.07 Å². The van der Waals surface area contributed by atoms with E-state index in [0.717, 1.165) is 34.8 Å². The van der Waals surface area contributed by atoms with Crippen LogP contribution in [0.4, 0.5) is 0 Å². The molecule has 1 N–H and O–H groups in total. The van der Waals surface area contributed by atoms with Gasteiger partial charge in [0.05, 0.1) is 11.1 Å². The van der Waals surface area contributed by atoms with Gasteiger partial charge in [-0.3, -0.25) is 0 Å². The highest BCUT2D eigenvalue weighted by Crippen LogP contribution is 2.26. The third-order valence-corrected chi connectivity index (χ3v) is 4.07. The summed E-state index contributed by atoms with van der Waals surface area (Å²) in [5, 5.41) is 8.60. The largest absolute Gasteiger partial charge is 0.492 e. The minimum atomic E-state index is -0.951. The molecule has 0 spiro atoms. The highest BCUT2D eigenvalue weighted by Gasteiger charge is 2.10. The topological polar surface area (TPSA) is 49.8 Å². The maximum absolute atomic E-state index is 10.5. The number of halogens is 1. The lowest BCUT2D eigenvalue weighted by molar-refractivity contribution is -0.131. The first-order valence-electron chi connectivity index (χ1n) is 7.21. The van der Waals surface area contributed by atoms with Gasteiger partial charge in [0, 0.05) is 12.6 Å². The van der Waals surface area contributed by atoms with Gasteiger partial charge in [0.1, 0.15) is 5.75 Å². The fourth-order valence-electron chi connectivity index (χ4n) is 2.38. The van der Waals surface area contributed by atoms with Crippen LogP contribution in [0.1, 0.15) is 24.8 Å². The van der Waals surface area contributed by atoms with Crippen molar-refractivity contribution in [1.29, 1.82) is 0 Å². The zero-order valence-corrected chi connectivity index (χ0v) is 13.5. The number of likely N-dealkylation sites (tertiary alicyclic amines) is 1. The molecule has 0 atom stereocenters. The molecule has 0 aliphatic carbocycles. The number of rotatable bonds is 7. The number of carbonyl (C=O) groups is 1. The molecular formula is C16H20BrNO3. The molecule has 1 aromatic rings. The van der Waals surface area contributed by atoms with Gasteiger partial charge < -0.3 is 14.7 Å². The van der Waals surface area contributed by atoms with Crippen LogP contribution in [0.3, 0.4) is 0 Å². The zero-order valence-electron chi connectivity index (χ0n) is 11.9. The van der Waals surface area contributed by atoms with Crippen molar-refractivity contribution in [3.63, 3.8) is 0 Å². The van der Waals surface area contributed by atoms with Crippen molar-refractivity contribution in [2.24, 2.45) is 0 Å². The van der Waals surface area contributed by atoms with E-state index in [1.54, 1.807) is 6.08 Å². The van der Waals surface area contributed by atoms with Crippen LogP contribution in [-0.2, 0) is 4.79 Å². The number of carboxylic acid groups (broad SMARTS) is 1. The summed E-state index contributed by atoms with van der Waals surface area (Å²) in [5.41, 5.74) is 0.827. The Hall–Kier alpha value is -1.33. The maximum atomic E-state index is 10.5. The molecule has 2 rings (SSSR count). The molecule has 114 valence electrons. The Bertz CT molecular complexity index is 510. The molecular weight excluding hydrogens is 334 g/mol. The van der Waals surface area contributed by atoms with E-state index in [-0.39, 0.29) is 0 Å². The summed E-state index contributed by atoms with van der Waals surface area (Å²) >= 11 is 3.46. The van der Waals surface area contributed by atoms with E-state index in [1.807, 2.05) is 18.2 Å². The average Bonchev–Trinajstić information content (AvgIpc) is 2.96. The number of hydrogen-bond acceptors (Lipinski definition) is 3. The van der Waals surface area contributed by atoms with Crippen LogP contribution in [0.5, 0.6) is 5.75 Å². The fraction of sp³-hybridized carbons (Fsp3) is 0.438. The van der Waals surface area contributed by atoms with Crippen LogP contribution in [0.2, 0.25) is 0 Å². The Morgan fingerprint density at radius 2 is 2.14 bits per heavy atom. The number of aliphatic carboxylic acids is 1. The van der Waals surface area contributed by atoms with Gasteiger partial charge in [-0.25, -0.2) is 4.79 Å². The minimum absolute atomic E-state index is 0.694. The molecule has 1 aromatic carbocycles. The quantitative estimate of drug-likeness (QED) is 0.602. The Morgan fingerprint density at radius 1 is 1.38 bits per heavy atom. The lowest BCUT2D eigenvalue weighted by Crippen LogP contribution is -2.21. The summed E-state index contributed by atoms with van der Waals surface area (Å²) in [5.74, 6) is -0.155. The molecule has 1 heterocycles. The van der Waals surface area contributed by atoms with Crippen molar-refractivity contribution >= 4 is 28.0 Å². The lowest BCUT2D eigenvalue weighted by Gasteiger charge is -2.15. The Labute approximate surface area is 133 Å². The van der Waals surface area contributed by atoms with E-state index >= 15 is 0 Å². The van der Waals surface area contributed by atoms with Crippen LogP contribution in [0, 0.1) is 0 Å². The number of nitrogens with zero attached hydrogens (tertiary/aromatic N) is 1. The van der Waals surface area contributed by atoms with Crippen LogP contribution in [0.15, 0.2) is 28.7 Å². The molecule has 0 saturated carbocycles.